The predicted octanol–water partition coefficient (Wildman–Crippen LogP) is 3.52. The molecule has 4 rings (SSSR count). The Labute approximate surface area is 222 Å². The molecule has 0 saturated carbocycles. The number of sulfonamides is 1. The molecule has 2 fully saturated rings. The maximum absolute atomic E-state index is 13.2. The number of methoxy groups -OCH3 is 1. The van der Waals surface area contributed by atoms with Crippen molar-refractivity contribution in [3.63, 3.8) is 0 Å². The van der Waals surface area contributed by atoms with Crippen LogP contribution in [0.2, 0.25) is 10.0 Å². The smallest absolute Gasteiger partial charge is 0.248 e. The Balaban J connectivity index is 1.24. The van der Waals surface area contributed by atoms with Crippen molar-refractivity contribution >= 4 is 39.1 Å². The number of hydrogen-bond donors (Lipinski definition) is 0. The molecule has 1 atom stereocenters. The van der Waals surface area contributed by atoms with Crippen molar-refractivity contribution in [1.29, 1.82) is 0 Å². The summed E-state index contributed by atoms with van der Waals surface area (Å²) in [6, 6.07) is 12.3. The Hall–Kier alpha value is -1.88. The fourth-order valence-corrected chi connectivity index (χ4v) is 7.43. The van der Waals surface area contributed by atoms with Crippen molar-refractivity contribution in [2.45, 2.75) is 30.3 Å². The van der Waals surface area contributed by atoms with E-state index in [1.54, 1.807) is 18.1 Å². The van der Waals surface area contributed by atoms with Crippen LogP contribution < -0.4 is 4.74 Å². The summed E-state index contributed by atoms with van der Waals surface area (Å²) >= 11 is 12.3. The van der Waals surface area contributed by atoms with Crippen molar-refractivity contribution < 1.29 is 22.7 Å². The van der Waals surface area contributed by atoms with E-state index in [4.69, 9.17) is 32.7 Å². The molecular weight excluding hydrogens is 525 g/mol. The summed E-state index contributed by atoms with van der Waals surface area (Å²) in [4.78, 5) is 16.7. The summed E-state index contributed by atoms with van der Waals surface area (Å²) in [7, 11) is -2.22. The van der Waals surface area contributed by atoms with Crippen LogP contribution in [0.4, 0.5) is 0 Å². The van der Waals surface area contributed by atoms with Crippen LogP contribution in [0.15, 0.2) is 47.4 Å². The Bertz CT molecular complexity index is 1130. The maximum atomic E-state index is 13.2. The molecule has 196 valence electrons. The Morgan fingerprint density at radius 2 is 1.67 bits per heavy atom. The molecule has 1 amide bonds. The average molecular weight is 557 g/mol. The van der Waals surface area contributed by atoms with E-state index >= 15 is 0 Å². The van der Waals surface area contributed by atoms with E-state index in [0.717, 1.165) is 25.4 Å². The number of nitrogens with zero attached hydrogens (tertiary/aromatic N) is 3. The summed E-state index contributed by atoms with van der Waals surface area (Å²) in [5.74, 6) is 0.751. The minimum atomic E-state index is -3.87. The molecule has 0 N–H and O–H groups in total. The van der Waals surface area contributed by atoms with Gasteiger partial charge in [0, 0.05) is 45.3 Å². The number of carbonyl (C=O) groups is 1. The lowest BCUT2D eigenvalue weighted by Crippen LogP contribution is -2.49. The fraction of sp³-hybridized carbons (Fsp3) is 0.480. The van der Waals surface area contributed by atoms with Crippen LogP contribution >= 0.6 is 23.2 Å². The number of halogens is 2. The van der Waals surface area contributed by atoms with Crippen molar-refractivity contribution in [3.05, 3.63) is 58.1 Å². The lowest BCUT2D eigenvalue weighted by atomic mass is 10.2. The van der Waals surface area contributed by atoms with E-state index in [-0.39, 0.29) is 40.1 Å². The number of hydrogen-bond acceptors (Lipinski definition) is 6. The number of carbonyl (C=O) groups excluding carboxylic acids is 1. The van der Waals surface area contributed by atoms with Gasteiger partial charge in [0.25, 0.3) is 0 Å². The van der Waals surface area contributed by atoms with Gasteiger partial charge in [-0.1, -0.05) is 41.4 Å². The molecule has 0 radical (unpaired) electrons. The third kappa shape index (κ3) is 6.33. The van der Waals surface area contributed by atoms with Crippen molar-refractivity contribution in [2.75, 3.05) is 53.0 Å². The third-order valence-corrected chi connectivity index (χ3v) is 9.54. The first-order valence-electron chi connectivity index (χ1n) is 12.0. The predicted molar refractivity (Wildman–Crippen MR) is 139 cm³/mol. The summed E-state index contributed by atoms with van der Waals surface area (Å²) in [6.45, 7) is 4.09. The monoisotopic (exact) mass is 555 g/mol. The molecule has 8 nitrogen and oxygen atoms in total. The van der Waals surface area contributed by atoms with Gasteiger partial charge in [-0.05, 0) is 42.7 Å². The highest BCUT2D eigenvalue weighted by atomic mass is 35.5. The van der Waals surface area contributed by atoms with Crippen LogP contribution in [0.1, 0.15) is 18.4 Å². The maximum Gasteiger partial charge on any atom is 0.248 e. The van der Waals surface area contributed by atoms with Gasteiger partial charge in [0.2, 0.25) is 15.9 Å². The third-order valence-electron chi connectivity index (χ3n) is 6.63. The molecule has 2 aromatic carbocycles. The van der Waals surface area contributed by atoms with E-state index in [1.807, 2.05) is 12.1 Å². The molecule has 1 unspecified atom stereocenters. The molecule has 36 heavy (non-hydrogen) atoms. The standard InChI is InChI=1S/C25H31Cl2N3O5S/c1-34-21-9-7-19(8-10-21)16-28-12-14-29(15-13-28)24(31)18-35-17-20-4-3-11-30(20)36(32,33)25-22(26)5-2-6-23(25)27/h2,5-10,20H,3-4,11-18H2,1H3. The van der Waals surface area contributed by atoms with Gasteiger partial charge in [-0.25, -0.2) is 8.42 Å². The summed E-state index contributed by atoms with van der Waals surface area (Å²) in [5, 5.41) is 0.186. The first-order chi connectivity index (χ1) is 17.3. The lowest BCUT2D eigenvalue weighted by molar-refractivity contribution is -0.138. The minimum Gasteiger partial charge on any atom is -0.497 e. The molecule has 2 saturated heterocycles. The van der Waals surface area contributed by atoms with E-state index in [0.29, 0.717) is 32.5 Å². The normalized spacial score (nSPS) is 19.5. The Morgan fingerprint density at radius 1 is 1.00 bits per heavy atom. The zero-order chi connectivity index (χ0) is 25.7. The second kappa shape index (κ2) is 12.1. The minimum absolute atomic E-state index is 0.0737. The topological polar surface area (TPSA) is 79.4 Å². The van der Waals surface area contributed by atoms with Crippen LogP contribution in [0.3, 0.4) is 0 Å². The first-order valence-corrected chi connectivity index (χ1v) is 14.2. The second-order valence-electron chi connectivity index (χ2n) is 8.98. The Kier molecular flexibility index (Phi) is 9.14. The van der Waals surface area contributed by atoms with Gasteiger partial charge in [-0.15, -0.1) is 0 Å². The van der Waals surface area contributed by atoms with Crippen molar-refractivity contribution in [2.24, 2.45) is 0 Å². The van der Waals surface area contributed by atoms with Gasteiger partial charge in [0.05, 0.1) is 23.8 Å². The highest BCUT2D eigenvalue weighted by Crippen LogP contribution is 2.34. The lowest BCUT2D eigenvalue weighted by Gasteiger charge is -2.34. The van der Waals surface area contributed by atoms with Gasteiger partial charge in [0.1, 0.15) is 17.3 Å². The molecule has 11 heteroatoms. The molecule has 2 aliphatic heterocycles. The number of rotatable bonds is 9. The van der Waals surface area contributed by atoms with Gasteiger partial charge in [0.15, 0.2) is 0 Å². The van der Waals surface area contributed by atoms with E-state index in [9.17, 15) is 13.2 Å². The second-order valence-corrected chi connectivity index (χ2v) is 11.6. The quantitative estimate of drug-likeness (QED) is 0.471. The molecule has 2 aromatic rings. The summed E-state index contributed by atoms with van der Waals surface area (Å²) in [6.07, 6.45) is 1.36. The van der Waals surface area contributed by atoms with Crippen molar-refractivity contribution in [1.82, 2.24) is 14.1 Å². The van der Waals surface area contributed by atoms with Gasteiger partial charge < -0.3 is 14.4 Å². The number of benzene rings is 2. The van der Waals surface area contributed by atoms with Crippen molar-refractivity contribution in [3.8, 4) is 5.75 Å². The largest absolute Gasteiger partial charge is 0.497 e. The van der Waals surface area contributed by atoms with Crippen LogP contribution in [0.5, 0.6) is 5.75 Å². The SMILES string of the molecule is COc1ccc(CN2CCN(C(=O)COCC3CCCN3S(=O)(=O)c3c(Cl)cccc3Cl)CC2)cc1. The molecule has 0 bridgehead atoms. The average Bonchev–Trinajstić information content (AvgIpc) is 3.34. The first kappa shape index (κ1) is 27.2. The zero-order valence-electron chi connectivity index (χ0n) is 20.2. The number of piperazine rings is 1. The Morgan fingerprint density at radius 3 is 2.31 bits per heavy atom. The number of ether oxygens (including phenoxy) is 2. The van der Waals surface area contributed by atoms with Gasteiger partial charge in [-0.2, -0.15) is 4.31 Å². The molecule has 0 aliphatic carbocycles. The zero-order valence-corrected chi connectivity index (χ0v) is 22.6. The van der Waals surface area contributed by atoms with Crippen LogP contribution in [0, 0.1) is 0 Å². The van der Waals surface area contributed by atoms with Crippen LogP contribution in [0.25, 0.3) is 0 Å². The molecule has 2 aliphatic rings. The highest BCUT2D eigenvalue weighted by molar-refractivity contribution is 7.89. The van der Waals surface area contributed by atoms with E-state index in [1.165, 1.54) is 22.0 Å². The highest BCUT2D eigenvalue weighted by Gasteiger charge is 2.37. The van der Waals surface area contributed by atoms with Crippen LogP contribution in [-0.4, -0.2) is 87.5 Å². The summed E-state index contributed by atoms with van der Waals surface area (Å²) in [5.41, 5.74) is 1.20. The van der Waals surface area contributed by atoms with E-state index in [2.05, 4.69) is 17.0 Å². The van der Waals surface area contributed by atoms with Gasteiger partial charge in [-0.3, -0.25) is 9.69 Å². The molecule has 2 heterocycles. The van der Waals surface area contributed by atoms with Gasteiger partial charge >= 0.3 is 0 Å². The fourth-order valence-electron chi connectivity index (χ4n) is 4.66. The summed E-state index contributed by atoms with van der Waals surface area (Å²) < 4.78 is 38.8. The molecule has 0 spiro atoms. The van der Waals surface area contributed by atoms with Crippen LogP contribution in [-0.2, 0) is 26.1 Å². The van der Waals surface area contributed by atoms with E-state index < -0.39 is 10.0 Å². The number of amides is 1. The molecule has 0 aromatic heterocycles. The molecular formula is C25H31Cl2N3O5S.